The van der Waals surface area contributed by atoms with Gasteiger partial charge in [0.05, 0.1) is 12.2 Å². The van der Waals surface area contributed by atoms with Crippen LogP contribution >= 0.6 is 11.6 Å². The molecule has 0 aliphatic carbocycles. The normalized spacial score (nSPS) is 11.5. The second-order valence-electron chi connectivity index (χ2n) is 6.53. The number of hydrogen-bond donors (Lipinski definition) is 1. The van der Waals surface area contributed by atoms with Crippen LogP contribution in [0.15, 0.2) is 42.1 Å². The molecule has 2 aromatic rings. The van der Waals surface area contributed by atoms with E-state index in [0.717, 1.165) is 18.3 Å². The Balaban J connectivity index is 2.36. The number of nitrogens with one attached hydrogen (secondary N) is 1. The average Bonchev–Trinajstić information content (AvgIpc) is 2.70. The van der Waals surface area contributed by atoms with Gasteiger partial charge in [0.1, 0.15) is 10.6 Å². The van der Waals surface area contributed by atoms with Gasteiger partial charge < -0.3 is 15.0 Å². The Morgan fingerprint density at radius 3 is 2.33 bits per heavy atom. The lowest BCUT2D eigenvalue weighted by molar-refractivity contribution is -0.138. The van der Waals surface area contributed by atoms with Crippen LogP contribution in [0.1, 0.15) is 22.8 Å². The van der Waals surface area contributed by atoms with Crippen molar-refractivity contribution in [2.75, 3.05) is 26.0 Å². The number of Topliss-reactive ketones (excluding diaryl/α,β-unsaturated/α-hetero) is 1. The van der Waals surface area contributed by atoms with E-state index in [9.17, 15) is 22.8 Å². The third-order valence-corrected chi connectivity index (χ3v) is 4.25. The smallest absolute Gasteiger partial charge is 0.343 e. The van der Waals surface area contributed by atoms with E-state index in [1.54, 1.807) is 12.1 Å². The molecule has 0 amide bonds. The van der Waals surface area contributed by atoms with Crippen molar-refractivity contribution in [3.8, 4) is 0 Å². The first-order chi connectivity index (χ1) is 14.1. The molecule has 0 spiro atoms. The molecule has 0 aliphatic rings. The summed E-state index contributed by atoms with van der Waals surface area (Å²) in [5.41, 5.74) is 0.0853. The van der Waals surface area contributed by atoms with Crippen molar-refractivity contribution >= 4 is 29.0 Å². The summed E-state index contributed by atoms with van der Waals surface area (Å²) in [5, 5.41) is 1.58. The molecule has 0 aromatic heterocycles. The predicted molar refractivity (Wildman–Crippen MR) is 108 cm³/mol. The second-order valence-corrected chi connectivity index (χ2v) is 6.91. The summed E-state index contributed by atoms with van der Waals surface area (Å²) in [6, 6.07) is 7.48. The van der Waals surface area contributed by atoms with Gasteiger partial charge in [-0.25, -0.2) is 18.0 Å². The maximum Gasteiger partial charge on any atom is 0.343 e. The van der Waals surface area contributed by atoms with Gasteiger partial charge in [-0.2, -0.15) is 0 Å². The minimum Gasteiger partial charge on any atom is -0.462 e. The molecule has 0 aliphatic heterocycles. The van der Waals surface area contributed by atoms with E-state index in [1.807, 2.05) is 31.1 Å². The molecule has 160 valence electrons. The summed E-state index contributed by atoms with van der Waals surface area (Å²) in [4.78, 5) is 26.9. The Hall–Kier alpha value is -2.84. The van der Waals surface area contributed by atoms with E-state index in [1.165, 1.54) is 6.92 Å². The van der Waals surface area contributed by atoms with Crippen molar-refractivity contribution in [1.82, 2.24) is 4.90 Å². The average molecular weight is 441 g/mol. The zero-order chi connectivity index (χ0) is 22.4. The van der Waals surface area contributed by atoms with Crippen LogP contribution < -0.4 is 5.32 Å². The molecule has 0 radical (unpaired) electrons. The molecular weight excluding hydrogens is 421 g/mol. The van der Waals surface area contributed by atoms with Gasteiger partial charge in [-0.05, 0) is 44.8 Å². The van der Waals surface area contributed by atoms with Gasteiger partial charge >= 0.3 is 5.97 Å². The number of benzene rings is 2. The number of halogens is 4. The van der Waals surface area contributed by atoms with Crippen molar-refractivity contribution in [3.63, 3.8) is 0 Å². The highest BCUT2D eigenvalue weighted by atomic mass is 35.5. The van der Waals surface area contributed by atoms with Crippen LogP contribution in [0.4, 0.5) is 18.9 Å². The Morgan fingerprint density at radius 1 is 1.13 bits per heavy atom. The molecule has 2 aromatic carbocycles. The van der Waals surface area contributed by atoms with Gasteiger partial charge in [0.2, 0.25) is 5.78 Å². The first kappa shape index (κ1) is 23.4. The number of esters is 1. The predicted octanol–water partition coefficient (Wildman–Crippen LogP) is 4.56. The standard InChI is InChI=1S/C21H20ClF3N2O3/c1-4-30-21(29)15(10-26-13-7-5-12(6-8-13)11-27(2)3)20(28)14-9-16(23)19(25)17(22)18(14)24/h5-10,26H,4,11H2,1-3H3. The van der Waals surface area contributed by atoms with Gasteiger partial charge in [-0.1, -0.05) is 23.7 Å². The number of nitrogens with zero attached hydrogens (tertiary/aromatic N) is 1. The van der Waals surface area contributed by atoms with Gasteiger partial charge in [-0.15, -0.1) is 0 Å². The lowest BCUT2D eigenvalue weighted by Gasteiger charge is -2.11. The quantitative estimate of drug-likeness (QED) is 0.124. The molecule has 1 N–H and O–H groups in total. The summed E-state index contributed by atoms with van der Waals surface area (Å²) >= 11 is 5.40. The van der Waals surface area contributed by atoms with Crippen LogP contribution in [0.5, 0.6) is 0 Å². The van der Waals surface area contributed by atoms with Crippen LogP contribution in [0.2, 0.25) is 5.02 Å². The number of anilines is 1. The van der Waals surface area contributed by atoms with Crippen molar-refractivity contribution < 1.29 is 27.5 Å². The Labute approximate surface area is 177 Å². The van der Waals surface area contributed by atoms with Crippen LogP contribution in [0.25, 0.3) is 0 Å². The van der Waals surface area contributed by atoms with E-state index in [0.29, 0.717) is 11.8 Å². The molecular formula is C21H20ClF3N2O3. The fourth-order valence-electron chi connectivity index (χ4n) is 2.54. The highest BCUT2D eigenvalue weighted by molar-refractivity contribution is 6.32. The largest absolute Gasteiger partial charge is 0.462 e. The number of carbonyl (C=O) groups excluding carboxylic acids is 2. The zero-order valence-electron chi connectivity index (χ0n) is 16.6. The topological polar surface area (TPSA) is 58.6 Å². The summed E-state index contributed by atoms with van der Waals surface area (Å²) in [7, 11) is 3.85. The Morgan fingerprint density at radius 2 is 1.77 bits per heavy atom. The summed E-state index contributed by atoms with van der Waals surface area (Å²) in [6.07, 6.45) is 1.02. The van der Waals surface area contributed by atoms with Crippen LogP contribution in [0.3, 0.4) is 0 Å². The lowest BCUT2D eigenvalue weighted by atomic mass is 10.0. The van der Waals surface area contributed by atoms with E-state index in [4.69, 9.17) is 16.3 Å². The molecule has 0 unspecified atom stereocenters. The van der Waals surface area contributed by atoms with Crippen molar-refractivity contribution in [2.24, 2.45) is 0 Å². The Kier molecular flexibility index (Phi) is 8.02. The van der Waals surface area contributed by atoms with Gasteiger partial charge in [-0.3, -0.25) is 4.79 Å². The number of ketones is 1. The van der Waals surface area contributed by atoms with E-state index < -0.39 is 45.4 Å². The van der Waals surface area contributed by atoms with Gasteiger partial charge in [0.25, 0.3) is 0 Å². The molecule has 5 nitrogen and oxygen atoms in total. The maximum atomic E-state index is 14.3. The Bertz CT molecular complexity index is 976. The SMILES string of the molecule is CCOC(=O)C(=CNc1ccc(CN(C)C)cc1)C(=O)c1cc(F)c(F)c(Cl)c1F. The summed E-state index contributed by atoms with van der Waals surface area (Å²) in [6.45, 7) is 2.19. The number of ether oxygens (including phenoxy) is 1. The third kappa shape index (κ3) is 5.61. The number of rotatable bonds is 8. The second kappa shape index (κ2) is 10.3. The van der Waals surface area contributed by atoms with E-state index >= 15 is 0 Å². The molecule has 0 fully saturated rings. The van der Waals surface area contributed by atoms with E-state index in [-0.39, 0.29) is 6.61 Å². The fraction of sp³-hybridized carbons (Fsp3) is 0.238. The molecule has 2 rings (SSSR count). The van der Waals surface area contributed by atoms with Crippen molar-refractivity contribution in [3.05, 3.63) is 75.7 Å². The molecule has 0 atom stereocenters. The number of hydrogen-bond acceptors (Lipinski definition) is 5. The number of carbonyl (C=O) groups is 2. The van der Waals surface area contributed by atoms with Crippen LogP contribution in [-0.4, -0.2) is 37.4 Å². The molecule has 0 bridgehead atoms. The highest BCUT2D eigenvalue weighted by Gasteiger charge is 2.28. The van der Waals surface area contributed by atoms with Crippen LogP contribution in [-0.2, 0) is 16.1 Å². The molecule has 0 saturated heterocycles. The first-order valence-corrected chi connectivity index (χ1v) is 9.28. The molecule has 30 heavy (non-hydrogen) atoms. The van der Waals surface area contributed by atoms with Gasteiger partial charge in [0, 0.05) is 18.4 Å². The highest BCUT2D eigenvalue weighted by Crippen LogP contribution is 2.26. The minimum atomic E-state index is -1.62. The summed E-state index contributed by atoms with van der Waals surface area (Å²) in [5.74, 6) is -6.87. The monoisotopic (exact) mass is 440 g/mol. The van der Waals surface area contributed by atoms with Crippen molar-refractivity contribution in [1.29, 1.82) is 0 Å². The van der Waals surface area contributed by atoms with E-state index in [2.05, 4.69) is 5.32 Å². The summed E-state index contributed by atoms with van der Waals surface area (Å²) < 4.78 is 46.1. The third-order valence-electron chi connectivity index (χ3n) is 3.92. The fourth-order valence-corrected chi connectivity index (χ4v) is 2.73. The maximum absolute atomic E-state index is 14.3. The molecule has 0 heterocycles. The van der Waals surface area contributed by atoms with Crippen LogP contribution in [0, 0.1) is 17.5 Å². The first-order valence-electron chi connectivity index (χ1n) is 8.90. The minimum absolute atomic E-state index is 0.0519. The molecule has 0 saturated carbocycles. The van der Waals surface area contributed by atoms with Gasteiger partial charge in [0.15, 0.2) is 17.5 Å². The zero-order valence-corrected chi connectivity index (χ0v) is 17.3. The van der Waals surface area contributed by atoms with Crippen molar-refractivity contribution in [2.45, 2.75) is 13.5 Å². The molecule has 9 heteroatoms. The lowest BCUT2D eigenvalue weighted by Crippen LogP contribution is -2.19.